The molecule has 2 fully saturated rings. The van der Waals surface area contributed by atoms with Gasteiger partial charge < -0.3 is 14.7 Å². The van der Waals surface area contributed by atoms with E-state index in [2.05, 4.69) is 0 Å². The van der Waals surface area contributed by atoms with Gasteiger partial charge in [-0.1, -0.05) is 17.7 Å². The molecule has 158 valence electrons. The molecule has 0 aromatic heterocycles. The number of aryl methyl sites for hydroxylation is 1. The van der Waals surface area contributed by atoms with Crippen LogP contribution in [0.5, 0.6) is 0 Å². The number of amides is 1. The van der Waals surface area contributed by atoms with Crippen LogP contribution >= 0.6 is 11.6 Å². The number of hydrogen-bond donors (Lipinski definition) is 1. The van der Waals surface area contributed by atoms with E-state index < -0.39 is 23.6 Å². The van der Waals surface area contributed by atoms with E-state index in [1.165, 1.54) is 17.2 Å². The first-order chi connectivity index (χ1) is 13.9. The second-order valence-electron chi connectivity index (χ2n) is 7.57. The predicted molar refractivity (Wildman–Crippen MR) is 103 cm³/mol. The Morgan fingerprint density at radius 1 is 1.34 bits per heavy atom. The smallest absolute Gasteiger partial charge is 0.282 e. The standard InChI is InChI=1S/C20H24ClFN2O5/c1-12-5-6-13(22)15(17(12)21)16-18(25)20(7-9-23(27-2)10-8-20)24(19(16)26)29-14-4-3-11-28-14/h5-6,14,25H,3-4,7-11H2,1-2H3. The first-order valence-electron chi connectivity index (χ1n) is 9.69. The highest BCUT2D eigenvalue weighted by Crippen LogP contribution is 2.47. The monoisotopic (exact) mass is 426 g/mol. The van der Waals surface area contributed by atoms with Crippen LogP contribution in [0, 0.1) is 12.7 Å². The van der Waals surface area contributed by atoms with Gasteiger partial charge in [-0.15, -0.1) is 0 Å². The number of nitrogens with zero attached hydrogens (tertiary/aromatic N) is 2. The molecule has 0 saturated carbocycles. The van der Waals surface area contributed by atoms with Crippen molar-refractivity contribution in [3.05, 3.63) is 39.9 Å². The lowest BCUT2D eigenvalue weighted by molar-refractivity contribution is -0.291. The topological polar surface area (TPSA) is 71.5 Å². The molecule has 0 aliphatic carbocycles. The highest BCUT2D eigenvalue weighted by Gasteiger charge is 2.56. The van der Waals surface area contributed by atoms with Crippen molar-refractivity contribution in [3.63, 3.8) is 0 Å². The fraction of sp³-hybridized carbons (Fsp3) is 0.550. The Hall–Kier alpha value is -1.71. The minimum absolute atomic E-state index is 0.0962. The first kappa shape index (κ1) is 20.6. The first-order valence-corrected chi connectivity index (χ1v) is 10.1. The average Bonchev–Trinajstić information content (AvgIpc) is 3.30. The Kier molecular flexibility index (Phi) is 5.56. The van der Waals surface area contributed by atoms with Crippen molar-refractivity contribution in [2.45, 2.75) is 44.4 Å². The van der Waals surface area contributed by atoms with E-state index >= 15 is 0 Å². The van der Waals surface area contributed by atoms with Crippen molar-refractivity contribution >= 4 is 23.1 Å². The molecule has 3 aliphatic rings. The Morgan fingerprint density at radius 3 is 2.69 bits per heavy atom. The normalized spacial score (nSPS) is 24.9. The maximum absolute atomic E-state index is 14.7. The zero-order valence-electron chi connectivity index (χ0n) is 16.4. The summed E-state index contributed by atoms with van der Waals surface area (Å²) in [6, 6.07) is 2.78. The summed E-state index contributed by atoms with van der Waals surface area (Å²) < 4.78 is 20.3. The third-order valence-corrected chi connectivity index (χ3v) is 6.40. The Bertz CT molecular complexity index is 848. The molecule has 1 N–H and O–H groups in total. The van der Waals surface area contributed by atoms with Crippen LogP contribution in [0.25, 0.3) is 5.57 Å². The molecule has 1 unspecified atom stereocenters. The van der Waals surface area contributed by atoms with Crippen LogP contribution < -0.4 is 0 Å². The average molecular weight is 427 g/mol. The molecule has 29 heavy (non-hydrogen) atoms. The number of hydroxylamine groups is 4. The largest absolute Gasteiger partial charge is 0.509 e. The van der Waals surface area contributed by atoms with E-state index in [-0.39, 0.29) is 21.9 Å². The van der Waals surface area contributed by atoms with Gasteiger partial charge in [0.1, 0.15) is 17.1 Å². The molecular weight excluding hydrogens is 403 g/mol. The summed E-state index contributed by atoms with van der Waals surface area (Å²) in [4.78, 5) is 24.6. The number of aliphatic hydroxyl groups is 1. The number of halogens is 2. The van der Waals surface area contributed by atoms with Gasteiger partial charge in [-0.25, -0.2) is 14.3 Å². The summed E-state index contributed by atoms with van der Waals surface area (Å²) in [5.41, 5.74) is -0.758. The van der Waals surface area contributed by atoms with Crippen LogP contribution in [0.2, 0.25) is 5.02 Å². The molecule has 1 amide bonds. The lowest BCUT2D eigenvalue weighted by Crippen LogP contribution is -2.55. The fourth-order valence-electron chi connectivity index (χ4n) is 4.21. The van der Waals surface area contributed by atoms with E-state index in [1.54, 1.807) is 19.1 Å². The van der Waals surface area contributed by atoms with Gasteiger partial charge >= 0.3 is 0 Å². The number of hydrogen-bond acceptors (Lipinski definition) is 6. The van der Waals surface area contributed by atoms with Crippen LogP contribution in [-0.4, -0.2) is 59.8 Å². The van der Waals surface area contributed by atoms with Gasteiger partial charge in [0.25, 0.3) is 5.91 Å². The molecule has 1 spiro atoms. The summed E-state index contributed by atoms with van der Waals surface area (Å²) in [5, 5.41) is 14.3. The Balaban J connectivity index is 1.79. The SMILES string of the molecule is CON1CCC2(CC1)C(O)=C(c1c(F)ccc(C)c1Cl)C(=O)N2OC1CCCO1. The van der Waals surface area contributed by atoms with Crippen molar-refractivity contribution in [2.75, 3.05) is 26.8 Å². The van der Waals surface area contributed by atoms with E-state index in [0.717, 1.165) is 6.42 Å². The van der Waals surface area contributed by atoms with Crippen molar-refractivity contribution in [1.29, 1.82) is 0 Å². The van der Waals surface area contributed by atoms with Crippen molar-refractivity contribution in [2.24, 2.45) is 0 Å². The zero-order chi connectivity index (χ0) is 20.8. The molecule has 7 nitrogen and oxygen atoms in total. The number of rotatable bonds is 4. The molecule has 1 aromatic carbocycles. The van der Waals surface area contributed by atoms with E-state index in [9.17, 15) is 14.3 Å². The number of piperidine rings is 1. The molecule has 0 bridgehead atoms. The molecule has 4 rings (SSSR count). The van der Waals surface area contributed by atoms with Gasteiger partial charge in [-0.3, -0.25) is 4.79 Å². The number of carbonyl (C=O) groups excluding carboxylic acids is 1. The molecule has 0 radical (unpaired) electrons. The van der Waals surface area contributed by atoms with Crippen LogP contribution in [0.15, 0.2) is 17.9 Å². The lowest BCUT2D eigenvalue weighted by atomic mass is 9.86. The number of carbonyl (C=O) groups is 1. The van der Waals surface area contributed by atoms with Crippen LogP contribution in [0.3, 0.4) is 0 Å². The van der Waals surface area contributed by atoms with Gasteiger partial charge in [0.15, 0.2) is 6.29 Å². The predicted octanol–water partition coefficient (Wildman–Crippen LogP) is 3.36. The minimum Gasteiger partial charge on any atom is -0.509 e. The van der Waals surface area contributed by atoms with Gasteiger partial charge in [-0.2, -0.15) is 5.06 Å². The highest BCUT2D eigenvalue weighted by atomic mass is 35.5. The van der Waals surface area contributed by atoms with Crippen LogP contribution in [0.1, 0.15) is 36.8 Å². The summed E-state index contributed by atoms with van der Waals surface area (Å²) >= 11 is 6.35. The van der Waals surface area contributed by atoms with E-state index in [4.69, 9.17) is 26.0 Å². The van der Waals surface area contributed by atoms with Gasteiger partial charge in [0.2, 0.25) is 0 Å². The molecule has 3 heterocycles. The lowest BCUT2D eigenvalue weighted by Gasteiger charge is -2.43. The summed E-state index contributed by atoms with van der Waals surface area (Å²) in [6.07, 6.45) is 1.60. The molecule has 3 aliphatic heterocycles. The second-order valence-corrected chi connectivity index (χ2v) is 7.95. The zero-order valence-corrected chi connectivity index (χ0v) is 17.2. The third-order valence-electron chi connectivity index (χ3n) is 5.92. The van der Waals surface area contributed by atoms with Crippen molar-refractivity contribution in [3.8, 4) is 0 Å². The van der Waals surface area contributed by atoms with Gasteiger partial charge in [0.05, 0.1) is 24.3 Å². The minimum atomic E-state index is -1.12. The van der Waals surface area contributed by atoms with Crippen LogP contribution in [0.4, 0.5) is 4.39 Å². The fourth-order valence-corrected chi connectivity index (χ4v) is 4.46. The summed E-state index contributed by atoms with van der Waals surface area (Å²) in [6.45, 7) is 3.20. The molecule has 9 heteroatoms. The number of ether oxygens (including phenoxy) is 1. The Morgan fingerprint density at radius 2 is 2.07 bits per heavy atom. The van der Waals surface area contributed by atoms with Crippen molar-refractivity contribution in [1.82, 2.24) is 10.1 Å². The van der Waals surface area contributed by atoms with Crippen LogP contribution in [-0.2, 0) is 19.2 Å². The second kappa shape index (κ2) is 7.85. The summed E-state index contributed by atoms with van der Waals surface area (Å²) in [5.74, 6) is -1.50. The maximum atomic E-state index is 14.7. The third kappa shape index (κ3) is 3.33. The number of benzene rings is 1. The van der Waals surface area contributed by atoms with Gasteiger partial charge in [-0.05, 0) is 37.8 Å². The summed E-state index contributed by atoms with van der Waals surface area (Å²) in [7, 11) is 1.57. The molecule has 2 saturated heterocycles. The van der Waals surface area contributed by atoms with E-state index in [0.29, 0.717) is 44.5 Å². The van der Waals surface area contributed by atoms with Crippen molar-refractivity contribution < 1.29 is 28.7 Å². The Labute approximate surface area is 173 Å². The molecular formula is C20H24ClFN2O5. The molecule has 1 atom stereocenters. The highest BCUT2D eigenvalue weighted by molar-refractivity contribution is 6.36. The van der Waals surface area contributed by atoms with E-state index in [1.807, 2.05) is 0 Å². The van der Waals surface area contributed by atoms with Gasteiger partial charge in [0, 0.05) is 25.1 Å². The quantitative estimate of drug-likeness (QED) is 0.796. The number of aliphatic hydroxyl groups excluding tert-OH is 1. The molecule has 1 aromatic rings. The maximum Gasteiger partial charge on any atom is 0.282 e.